The van der Waals surface area contributed by atoms with Crippen molar-refractivity contribution in [3.05, 3.63) is 24.2 Å². The first-order chi connectivity index (χ1) is 11.9. The van der Waals surface area contributed by atoms with Gasteiger partial charge >= 0.3 is 0 Å². The van der Waals surface area contributed by atoms with E-state index in [1.165, 1.54) is 11.3 Å². The van der Waals surface area contributed by atoms with Gasteiger partial charge in [-0.2, -0.15) is 5.10 Å². The van der Waals surface area contributed by atoms with Gasteiger partial charge in [0.25, 0.3) is 5.19 Å². The molecular weight excluding hydrogens is 356 g/mol. The van der Waals surface area contributed by atoms with E-state index >= 15 is 0 Å². The highest BCUT2D eigenvalue weighted by atomic mass is 32.1. The molecule has 25 heavy (non-hydrogen) atoms. The van der Waals surface area contributed by atoms with E-state index in [0.29, 0.717) is 17.1 Å². The molecule has 0 radical (unpaired) electrons. The fourth-order valence-electron chi connectivity index (χ4n) is 2.22. The van der Waals surface area contributed by atoms with Gasteiger partial charge in [-0.05, 0) is 23.4 Å². The molecule has 0 aliphatic heterocycles. The summed E-state index contributed by atoms with van der Waals surface area (Å²) >= 11 is 1.20. The van der Waals surface area contributed by atoms with Crippen LogP contribution in [0.1, 0.15) is 5.69 Å². The topological polar surface area (TPSA) is 101 Å². The number of rotatable bonds is 8. The fourth-order valence-corrected chi connectivity index (χ4v) is 3.43. The Bertz CT molecular complexity index is 844. The first-order valence-electron chi connectivity index (χ1n) is 8.01. The third kappa shape index (κ3) is 4.74. The Morgan fingerprint density at radius 3 is 2.84 bits per heavy atom. The molecule has 3 rings (SSSR count). The number of fused-ring (bicyclic) bond motifs is 1. The minimum absolute atomic E-state index is 0.286. The number of anilines is 1. The first kappa shape index (κ1) is 17.8. The van der Waals surface area contributed by atoms with Crippen LogP contribution in [-0.2, 0) is 18.1 Å². The van der Waals surface area contributed by atoms with Crippen molar-refractivity contribution in [2.75, 3.05) is 12.3 Å². The molecule has 0 aromatic carbocycles. The standard InChI is InChI=1S/C15H22N6O2SSi/c1-25(2,3)7-6-22-10-21-13-4-5-17-12(11(13)8-18-21)9-23-15-20-19-14(16)24-15/h4-5,8H,6-7,9-10H2,1-3H3,(H2,16,19). The molecule has 0 unspecified atom stereocenters. The molecule has 0 saturated heterocycles. The highest BCUT2D eigenvalue weighted by molar-refractivity contribution is 7.16. The highest BCUT2D eigenvalue weighted by Crippen LogP contribution is 2.22. The largest absolute Gasteiger partial charge is 0.462 e. The fraction of sp³-hybridized carbons (Fsp3) is 0.467. The van der Waals surface area contributed by atoms with Crippen LogP contribution in [0.15, 0.2) is 18.5 Å². The summed E-state index contributed by atoms with van der Waals surface area (Å²) in [4.78, 5) is 4.38. The maximum atomic E-state index is 5.79. The van der Waals surface area contributed by atoms with Gasteiger partial charge in [-0.25, -0.2) is 4.68 Å². The molecule has 0 saturated carbocycles. The number of ether oxygens (including phenoxy) is 2. The van der Waals surface area contributed by atoms with Gasteiger partial charge in [-0.1, -0.05) is 24.7 Å². The Kier molecular flexibility index (Phi) is 5.30. The maximum Gasteiger partial charge on any atom is 0.296 e. The van der Waals surface area contributed by atoms with Gasteiger partial charge in [-0.15, -0.1) is 5.10 Å². The summed E-state index contributed by atoms with van der Waals surface area (Å²) in [6.07, 6.45) is 3.53. The highest BCUT2D eigenvalue weighted by Gasteiger charge is 2.13. The molecule has 0 fully saturated rings. The van der Waals surface area contributed by atoms with Crippen LogP contribution in [-0.4, -0.2) is 39.6 Å². The number of hydrogen-bond donors (Lipinski definition) is 1. The Morgan fingerprint density at radius 1 is 1.28 bits per heavy atom. The summed E-state index contributed by atoms with van der Waals surface area (Å²) in [6, 6.07) is 3.06. The average molecular weight is 379 g/mol. The summed E-state index contributed by atoms with van der Waals surface area (Å²) in [5.74, 6) is 0. The molecule has 10 heteroatoms. The number of nitrogen functional groups attached to an aromatic ring is 1. The summed E-state index contributed by atoms with van der Waals surface area (Å²) < 4.78 is 13.2. The smallest absolute Gasteiger partial charge is 0.296 e. The molecule has 0 aliphatic carbocycles. The molecule has 3 aromatic heterocycles. The molecule has 0 bridgehead atoms. The minimum atomic E-state index is -1.08. The molecule has 134 valence electrons. The number of hydrogen-bond acceptors (Lipinski definition) is 8. The van der Waals surface area contributed by atoms with Gasteiger partial charge in [0.05, 0.1) is 17.4 Å². The van der Waals surface area contributed by atoms with Crippen LogP contribution in [0.3, 0.4) is 0 Å². The Labute approximate surface area is 151 Å². The van der Waals surface area contributed by atoms with E-state index in [2.05, 4.69) is 39.9 Å². The van der Waals surface area contributed by atoms with Gasteiger partial charge in [0.15, 0.2) is 0 Å². The van der Waals surface area contributed by atoms with Gasteiger partial charge in [0, 0.05) is 26.3 Å². The molecule has 3 aromatic rings. The van der Waals surface area contributed by atoms with Crippen molar-refractivity contribution in [1.29, 1.82) is 0 Å². The van der Waals surface area contributed by atoms with Crippen molar-refractivity contribution in [2.45, 2.75) is 39.0 Å². The van der Waals surface area contributed by atoms with E-state index in [4.69, 9.17) is 15.2 Å². The van der Waals surface area contributed by atoms with Crippen molar-refractivity contribution < 1.29 is 9.47 Å². The van der Waals surface area contributed by atoms with Crippen LogP contribution >= 0.6 is 11.3 Å². The second-order valence-corrected chi connectivity index (χ2v) is 13.5. The molecule has 0 spiro atoms. The lowest BCUT2D eigenvalue weighted by Gasteiger charge is -2.15. The zero-order chi connectivity index (χ0) is 17.9. The summed E-state index contributed by atoms with van der Waals surface area (Å²) in [6.45, 7) is 8.49. The Hall–Kier alpha value is -2.04. The van der Waals surface area contributed by atoms with Crippen LogP contribution in [0.25, 0.3) is 10.9 Å². The zero-order valence-electron chi connectivity index (χ0n) is 14.6. The molecule has 2 N–H and O–H groups in total. The summed E-state index contributed by atoms with van der Waals surface area (Å²) in [7, 11) is -1.08. The lowest BCUT2D eigenvalue weighted by atomic mass is 10.2. The number of aromatic nitrogens is 5. The monoisotopic (exact) mass is 378 g/mol. The van der Waals surface area contributed by atoms with Crippen LogP contribution in [0.4, 0.5) is 5.13 Å². The van der Waals surface area contributed by atoms with E-state index in [9.17, 15) is 0 Å². The number of pyridine rings is 1. The molecule has 8 nitrogen and oxygen atoms in total. The summed E-state index contributed by atoms with van der Waals surface area (Å²) in [5.41, 5.74) is 7.31. The molecule has 3 heterocycles. The van der Waals surface area contributed by atoms with Gasteiger partial charge in [-0.3, -0.25) is 4.98 Å². The quantitative estimate of drug-likeness (QED) is 0.475. The Balaban J connectivity index is 1.65. The van der Waals surface area contributed by atoms with Gasteiger partial charge in [0.2, 0.25) is 5.13 Å². The van der Waals surface area contributed by atoms with Crippen LogP contribution < -0.4 is 10.5 Å². The van der Waals surface area contributed by atoms with Crippen LogP contribution in [0.2, 0.25) is 25.7 Å². The van der Waals surface area contributed by atoms with E-state index < -0.39 is 8.07 Å². The molecule has 0 atom stereocenters. The SMILES string of the molecule is C[Si](C)(C)CCOCn1ncc2c(COc3nnc(N)s3)nccc21. The van der Waals surface area contributed by atoms with Crippen molar-refractivity contribution in [1.82, 2.24) is 25.0 Å². The van der Waals surface area contributed by atoms with Crippen molar-refractivity contribution in [3.63, 3.8) is 0 Å². The normalized spacial score (nSPS) is 12.0. The second-order valence-electron chi connectivity index (χ2n) is 6.88. The predicted molar refractivity (Wildman–Crippen MR) is 100 cm³/mol. The van der Waals surface area contributed by atoms with Crippen molar-refractivity contribution >= 4 is 35.4 Å². The third-order valence-electron chi connectivity index (χ3n) is 3.62. The lowest BCUT2D eigenvalue weighted by molar-refractivity contribution is 0.0817. The maximum absolute atomic E-state index is 5.79. The van der Waals surface area contributed by atoms with Crippen LogP contribution in [0, 0.1) is 0 Å². The van der Waals surface area contributed by atoms with Gasteiger partial charge < -0.3 is 15.2 Å². The van der Waals surface area contributed by atoms with Crippen LogP contribution in [0.5, 0.6) is 5.19 Å². The average Bonchev–Trinajstić information content (AvgIpc) is 3.15. The third-order valence-corrected chi connectivity index (χ3v) is 5.99. The second kappa shape index (κ2) is 7.46. The minimum Gasteiger partial charge on any atom is -0.462 e. The van der Waals surface area contributed by atoms with E-state index in [0.717, 1.165) is 29.2 Å². The molecule has 0 aliphatic rings. The van der Waals surface area contributed by atoms with E-state index in [1.807, 2.05) is 10.7 Å². The number of nitrogens with two attached hydrogens (primary N) is 1. The molecular formula is C15H22N6O2SSi. The Morgan fingerprint density at radius 2 is 2.12 bits per heavy atom. The lowest BCUT2D eigenvalue weighted by Crippen LogP contribution is -2.22. The van der Waals surface area contributed by atoms with Crippen molar-refractivity contribution in [2.24, 2.45) is 0 Å². The zero-order valence-corrected chi connectivity index (χ0v) is 16.4. The van der Waals surface area contributed by atoms with Gasteiger partial charge in [0.1, 0.15) is 13.3 Å². The predicted octanol–water partition coefficient (Wildman–Crippen LogP) is 2.76. The summed E-state index contributed by atoms with van der Waals surface area (Å²) in [5, 5.41) is 13.7. The molecule has 0 amide bonds. The van der Waals surface area contributed by atoms with Crippen molar-refractivity contribution in [3.8, 4) is 5.19 Å². The first-order valence-corrected chi connectivity index (χ1v) is 12.5. The van der Waals surface area contributed by atoms with E-state index in [-0.39, 0.29) is 6.61 Å². The van der Waals surface area contributed by atoms with E-state index in [1.54, 1.807) is 12.4 Å². The number of nitrogens with zero attached hydrogens (tertiary/aromatic N) is 5.